The van der Waals surface area contributed by atoms with Gasteiger partial charge in [0, 0.05) is 13.1 Å². The van der Waals surface area contributed by atoms with Crippen molar-refractivity contribution in [1.29, 1.82) is 0 Å². The Morgan fingerprint density at radius 1 is 1.03 bits per heavy atom. The molecule has 210 valence electrons. The molecule has 3 amide bonds. The summed E-state index contributed by atoms with van der Waals surface area (Å²) in [5, 5.41) is 5.89. The number of amides is 3. The average Bonchev–Trinajstić information content (AvgIpc) is 2.81. The van der Waals surface area contributed by atoms with Crippen LogP contribution in [0.25, 0.3) is 0 Å². The lowest BCUT2D eigenvalue weighted by molar-refractivity contribution is -0.142. The Morgan fingerprint density at radius 2 is 1.65 bits per heavy atom. The molecule has 0 bridgehead atoms. The van der Waals surface area contributed by atoms with Crippen molar-refractivity contribution in [3.63, 3.8) is 0 Å². The maximum atomic E-state index is 14.1. The fourth-order valence-electron chi connectivity index (χ4n) is 4.21. The SMILES string of the molecule is CCCCCNC(=O)C(c1c(C)cccc1C)N(CCCC)C(=O)C(CCSC)NC(=O)OC(C)(C)C. The molecule has 0 spiro atoms. The molecule has 7 nitrogen and oxygen atoms in total. The van der Waals surface area contributed by atoms with Crippen LogP contribution in [0.2, 0.25) is 0 Å². The van der Waals surface area contributed by atoms with Crippen LogP contribution in [0.1, 0.15) is 95.9 Å². The normalized spacial score (nSPS) is 13.0. The van der Waals surface area contributed by atoms with Gasteiger partial charge in [-0.05, 0) is 82.6 Å². The van der Waals surface area contributed by atoms with E-state index in [-0.39, 0.29) is 11.8 Å². The second-order valence-electron chi connectivity index (χ2n) is 10.6. The number of thioether (sulfide) groups is 1. The zero-order valence-corrected chi connectivity index (χ0v) is 25.1. The molecule has 0 fully saturated rings. The summed E-state index contributed by atoms with van der Waals surface area (Å²) in [6, 6.07) is 4.35. The molecule has 2 unspecified atom stereocenters. The molecule has 0 aliphatic heterocycles. The first-order chi connectivity index (χ1) is 17.5. The van der Waals surface area contributed by atoms with Crippen LogP contribution in [0, 0.1) is 13.8 Å². The van der Waals surface area contributed by atoms with E-state index in [0.29, 0.717) is 25.3 Å². The molecule has 0 heterocycles. The molecule has 0 radical (unpaired) electrons. The smallest absolute Gasteiger partial charge is 0.408 e. The third-order valence-electron chi connectivity index (χ3n) is 6.09. The Hall–Kier alpha value is -2.22. The van der Waals surface area contributed by atoms with E-state index in [0.717, 1.165) is 48.8 Å². The summed E-state index contributed by atoms with van der Waals surface area (Å²) < 4.78 is 5.46. The molecule has 1 rings (SSSR count). The quantitative estimate of drug-likeness (QED) is 0.272. The molecule has 1 aromatic rings. The van der Waals surface area contributed by atoms with Crippen LogP contribution in [-0.4, -0.2) is 59.5 Å². The number of rotatable bonds is 15. The Labute approximate surface area is 228 Å². The number of benzene rings is 1. The van der Waals surface area contributed by atoms with Gasteiger partial charge in [-0.25, -0.2) is 4.79 Å². The topological polar surface area (TPSA) is 87.7 Å². The lowest BCUT2D eigenvalue weighted by Crippen LogP contribution is -2.53. The van der Waals surface area contributed by atoms with Crippen molar-refractivity contribution in [3.8, 4) is 0 Å². The predicted molar refractivity (Wildman–Crippen MR) is 154 cm³/mol. The summed E-state index contributed by atoms with van der Waals surface area (Å²) >= 11 is 1.61. The minimum atomic E-state index is -0.793. The lowest BCUT2D eigenvalue weighted by atomic mass is 9.93. The average molecular weight is 536 g/mol. The first-order valence-electron chi connectivity index (χ1n) is 13.6. The van der Waals surface area contributed by atoms with Gasteiger partial charge in [-0.1, -0.05) is 51.3 Å². The molecule has 8 heteroatoms. The molecule has 0 saturated heterocycles. The van der Waals surface area contributed by atoms with Crippen LogP contribution >= 0.6 is 11.8 Å². The van der Waals surface area contributed by atoms with Crippen molar-refractivity contribution >= 4 is 29.7 Å². The van der Waals surface area contributed by atoms with Gasteiger partial charge in [0.25, 0.3) is 0 Å². The van der Waals surface area contributed by atoms with Crippen molar-refractivity contribution < 1.29 is 19.1 Å². The van der Waals surface area contributed by atoms with E-state index in [1.54, 1.807) is 37.4 Å². The minimum Gasteiger partial charge on any atom is -0.444 e. The van der Waals surface area contributed by atoms with Gasteiger partial charge < -0.3 is 20.3 Å². The molecule has 0 aliphatic carbocycles. The zero-order valence-electron chi connectivity index (χ0n) is 24.2. The van der Waals surface area contributed by atoms with Gasteiger partial charge in [0.05, 0.1) is 0 Å². The van der Waals surface area contributed by atoms with E-state index < -0.39 is 23.8 Å². The van der Waals surface area contributed by atoms with Gasteiger partial charge in [0.2, 0.25) is 11.8 Å². The number of carbonyl (C=O) groups excluding carboxylic acids is 3. The first-order valence-corrected chi connectivity index (χ1v) is 15.0. The minimum absolute atomic E-state index is 0.182. The van der Waals surface area contributed by atoms with Crippen molar-refractivity contribution in [1.82, 2.24) is 15.5 Å². The summed E-state index contributed by atoms with van der Waals surface area (Å²) in [7, 11) is 0. The standard InChI is InChI=1S/C29H49N3O4S/c1-9-11-13-18-30-26(33)25(24-21(3)15-14-16-22(24)4)32(19-12-10-2)27(34)23(17-20-37-8)31-28(35)36-29(5,6)7/h14-16,23,25H,9-13,17-20H2,1-8H3,(H,30,33)(H,31,35). The monoisotopic (exact) mass is 535 g/mol. The van der Waals surface area contributed by atoms with Gasteiger partial charge >= 0.3 is 6.09 Å². The molecular formula is C29H49N3O4S. The highest BCUT2D eigenvalue weighted by Crippen LogP contribution is 2.29. The number of hydrogen-bond donors (Lipinski definition) is 2. The Balaban J connectivity index is 3.47. The molecular weight excluding hydrogens is 486 g/mol. The van der Waals surface area contributed by atoms with Crippen LogP contribution in [0.5, 0.6) is 0 Å². The van der Waals surface area contributed by atoms with Gasteiger partial charge in [-0.3, -0.25) is 9.59 Å². The number of aryl methyl sites for hydroxylation is 2. The number of nitrogens with one attached hydrogen (secondary N) is 2. The number of unbranched alkanes of at least 4 members (excludes halogenated alkanes) is 3. The molecule has 2 N–H and O–H groups in total. The third-order valence-corrected chi connectivity index (χ3v) is 6.73. The fourth-order valence-corrected chi connectivity index (χ4v) is 4.68. The van der Waals surface area contributed by atoms with Crippen LogP contribution in [0.4, 0.5) is 4.79 Å². The second kappa shape index (κ2) is 16.6. The molecule has 37 heavy (non-hydrogen) atoms. The van der Waals surface area contributed by atoms with Crippen LogP contribution in [-0.2, 0) is 14.3 Å². The van der Waals surface area contributed by atoms with Crippen molar-refractivity contribution in [2.75, 3.05) is 25.1 Å². The molecule has 0 aliphatic rings. The summed E-state index contributed by atoms with van der Waals surface area (Å²) in [6.45, 7) is 14.5. The molecule has 0 aromatic heterocycles. The Kier molecular flexibility index (Phi) is 14.7. The van der Waals surface area contributed by atoms with Crippen molar-refractivity contribution in [2.45, 2.75) is 105 Å². The molecule has 2 atom stereocenters. The number of nitrogens with zero attached hydrogens (tertiary/aromatic N) is 1. The third kappa shape index (κ3) is 11.4. The maximum Gasteiger partial charge on any atom is 0.408 e. The van der Waals surface area contributed by atoms with E-state index in [9.17, 15) is 14.4 Å². The van der Waals surface area contributed by atoms with Crippen molar-refractivity contribution in [2.24, 2.45) is 0 Å². The summed E-state index contributed by atoms with van der Waals surface area (Å²) in [5.74, 6) is 0.244. The van der Waals surface area contributed by atoms with Crippen LogP contribution < -0.4 is 10.6 Å². The van der Waals surface area contributed by atoms with E-state index in [4.69, 9.17) is 4.74 Å². The van der Waals surface area contributed by atoms with Gasteiger partial charge in [0.15, 0.2) is 0 Å². The summed E-state index contributed by atoms with van der Waals surface area (Å²) in [4.78, 5) is 42.2. The van der Waals surface area contributed by atoms with E-state index >= 15 is 0 Å². The summed E-state index contributed by atoms with van der Waals surface area (Å²) in [5.41, 5.74) is 2.09. The van der Waals surface area contributed by atoms with Crippen LogP contribution in [0.15, 0.2) is 18.2 Å². The highest BCUT2D eigenvalue weighted by atomic mass is 32.2. The number of hydrogen-bond acceptors (Lipinski definition) is 5. The van der Waals surface area contributed by atoms with Gasteiger partial charge in [-0.2, -0.15) is 11.8 Å². The zero-order chi connectivity index (χ0) is 28.0. The highest BCUT2D eigenvalue weighted by molar-refractivity contribution is 7.98. The van der Waals surface area contributed by atoms with E-state index in [1.807, 2.05) is 38.3 Å². The van der Waals surface area contributed by atoms with E-state index in [2.05, 4.69) is 24.5 Å². The summed E-state index contributed by atoms with van der Waals surface area (Å²) in [6.07, 6.45) is 6.38. The number of carbonyl (C=O) groups is 3. The fraction of sp³-hybridized carbons (Fsp3) is 0.690. The van der Waals surface area contributed by atoms with Gasteiger partial charge in [0.1, 0.15) is 17.7 Å². The van der Waals surface area contributed by atoms with E-state index in [1.165, 1.54) is 0 Å². The van der Waals surface area contributed by atoms with Gasteiger partial charge in [-0.15, -0.1) is 0 Å². The van der Waals surface area contributed by atoms with Crippen LogP contribution in [0.3, 0.4) is 0 Å². The largest absolute Gasteiger partial charge is 0.444 e. The second-order valence-corrected chi connectivity index (χ2v) is 11.6. The number of alkyl carbamates (subject to hydrolysis) is 1. The molecule has 1 aromatic carbocycles. The lowest BCUT2D eigenvalue weighted by Gasteiger charge is -2.36. The molecule has 0 saturated carbocycles. The number of ether oxygens (including phenoxy) is 1. The Bertz CT molecular complexity index is 849. The van der Waals surface area contributed by atoms with Crippen molar-refractivity contribution in [3.05, 3.63) is 34.9 Å². The highest BCUT2D eigenvalue weighted by Gasteiger charge is 2.37. The maximum absolute atomic E-state index is 14.1. The Morgan fingerprint density at radius 3 is 2.19 bits per heavy atom. The first kappa shape index (κ1) is 32.8. The predicted octanol–water partition coefficient (Wildman–Crippen LogP) is 5.93.